The second kappa shape index (κ2) is 3.12. The molecule has 0 aromatic heterocycles. The lowest BCUT2D eigenvalue weighted by Crippen LogP contribution is -1.85. The predicted molar refractivity (Wildman–Crippen MR) is 42.8 cm³/mol. The van der Waals surface area contributed by atoms with Crippen molar-refractivity contribution >= 4 is 29.4 Å². The summed E-state index contributed by atoms with van der Waals surface area (Å²) in [5, 5.41) is 0.495. The highest BCUT2D eigenvalue weighted by Gasteiger charge is 1.99. The minimum absolute atomic E-state index is 0.100. The van der Waals surface area contributed by atoms with Gasteiger partial charge in [0.2, 0.25) is 0 Å². The van der Waals surface area contributed by atoms with Crippen LogP contribution in [-0.2, 0) is 0 Å². The molecule has 10 heavy (non-hydrogen) atoms. The number of rotatable bonds is 1. The second-order valence-corrected chi connectivity index (χ2v) is 2.79. The molecule has 0 saturated carbocycles. The highest BCUT2D eigenvalue weighted by atomic mass is 35.5. The second-order valence-electron chi connectivity index (χ2n) is 1.76. The van der Waals surface area contributed by atoms with Crippen LogP contribution in [0.5, 0.6) is 0 Å². The van der Waals surface area contributed by atoms with Crippen molar-refractivity contribution in [2.45, 2.75) is 4.90 Å². The number of benzene rings is 1. The van der Waals surface area contributed by atoms with Crippen LogP contribution in [0.3, 0.4) is 0 Å². The molecule has 0 radical (unpaired) electrons. The zero-order valence-electron chi connectivity index (χ0n) is 4.97. The van der Waals surface area contributed by atoms with Crippen molar-refractivity contribution in [3.05, 3.63) is 23.2 Å². The Morgan fingerprint density at radius 3 is 2.70 bits per heavy atom. The Morgan fingerprint density at radius 1 is 1.50 bits per heavy atom. The third kappa shape index (κ3) is 1.55. The van der Waals surface area contributed by atoms with Gasteiger partial charge in [-0.2, -0.15) is 3.89 Å². The molecule has 1 rings (SSSR count). The average molecular weight is 178 g/mol. The van der Waals surface area contributed by atoms with E-state index in [4.69, 9.17) is 17.3 Å². The molecular formula is C6H5ClFNS. The molecule has 4 heteroatoms. The standard InChI is InChI=1S/C6H5ClFNS/c7-4-1-2-5(9)6(3-4)10-8/h1-3H,9H2. The van der Waals surface area contributed by atoms with Crippen molar-refractivity contribution in [2.75, 3.05) is 5.73 Å². The van der Waals surface area contributed by atoms with Gasteiger partial charge in [0.05, 0.1) is 17.0 Å². The first-order valence-electron chi connectivity index (χ1n) is 2.57. The van der Waals surface area contributed by atoms with Crippen molar-refractivity contribution in [2.24, 2.45) is 0 Å². The molecule has 0 aliphatic heterocycles. The van der Waals surface area contributed by atoms with E-state index in [1.165, 1.54) is 6.07 Å². The fraction of sp³-hybridized carbons (Fsp3) is 0. The van der Waals surface area contributed by atoms with E-state index < -0.39 is 0 Å². The number of nitrogen functional groups attached to an aromatic ring is 1. The van der Waals surface area contributed by atoms with Gasteiger partial charge in [0, 0.05) is 10.7 Å². The van der Waals surface area contributed by atoms with Gasteiger partial charge in [0.1, 0.15) is 0 Å². The zero-order valence-corrected chi connectivity index (χ0v) is 6.55. The molecule has 0 spiro atoms. The molecule has 1 aromatic carbocycles. The van der Waals surface area contributed by atoms with Crippen molar-refractivity contribution in [1.29, 1.82) is 0 Å². The summed E-state index contributed by atoms with van der Waals surface area (Å²) in [6.45, 7) is 0. The molecule has 0 aliphatic carbocycles. The molecule has 0 aliphatic rings. The maximum Gasteiger partial charge on any atom is 0.0834 e. The van der Waals surface area contributed by atoms with Gasteiger partial charge in [-0.25, -0.2) is 0 Å². The maximum atomic E-state index is 11.9. The molecule has 0 atom stereocenters. The summed E-state index contributed by atoms with van der Waals surface area (Å²) in [5.41, 5.74) is 5.79. The molecule has 0 fully saturated rings. The van der Waals surface area contributed by atoms with Crippen LogP contribution in [-0.4, -0.2) is 0 Å². The fourth-order valence-electron chi connectivity index (χ4n) is 0.575. The summed E-state index contributed by atoms with van der Waals surface area (Å²) in [6, 6.07) is 4.68. The summed E-state index contributed by atoms with van der Waals surface area (Å²) >= 11 is 5.66. The van der Waals surface area contributed by atoms with E-state index in [9.17, 15) is 3.89 Å². The molecule has 0 amide bonds. The highest BCUT2D eigenvalue weighted by molar-refractivity contribution is 7.94. The first-order chi connectivity index (χ1) is 4.74. The Morgan fingerprint density at radius 2 is 2.20 bits per heavy atom. The lowest BCUT2D eigenvalue weighted by atomic mass is 10.3. The smallest absolute Gasteiger partial charge is 0.0834 e. The molecule has 2 N–H and O–H groups in total. The third-order valence-electron chi connectivity index (χ3n) is 1.06. The lowest BCUT2D eigenvalue weighted by Gasteiger charge is -1.97. The number of nitrogens with two attached hydrogens (primary N) is 1. The molecule has 1 aromatic rings. The van der Waals surface area contributed by atoms with E-state index >= 15 is 0 Å². The van der Waals surface area contributed by atoms with Gasteiger partial charge in [0.25, 0.3) is 0 Å². The van der Waals surface area contributed by atoms with Crippen LogP contribution in [0.25, 0.3) is 0 Å². The minimum atomic E-state index is 0.100. The van der Waals surface area contributed by atoms with Crippen molar-refractivity contribution < 1.29 is 3.89 Å². The van der Waals surface area contributed by atoms with Gasteiger partial charge in [-0.1, -0.05) is 11.6 Å². The van der Waals surface area contributed by atoms with Crippen LogP contribution in [0.1, 0.15) is 0 Å². The molecule has 54 valence electrons. The van der Waals surface area contributed by atoms with E-state index in [0.717, 1.165) is 0 Å². The molecule has 1 nitrogen and oxygen atoms in total. The van der Waals surface area contributed by atoms with Crippen LogP contribution in [0.4, 0.5) is 9.57 Å². The Bertz CT molecular complexity index is 241. The fourth-order valence-corrected chi connectivity index (χ4v) is 1.14. The minimum Gasteiger partial charge on any atom is -0.398 e. The molecule has 0 saturated heterocycles. The van der Waals surface area contributed by atoms with Gasteiger partial charge >= 0.3 is 0 Å². The van der Waals surface area contributed by atoms with E-state index in [-0.39, 0.29) is 12.1 Å². The maximum absolute atomic E-state index is 11.9. The van der Waals surface area contributed by atoms with Crippen LogP contribution in [0, 0.1) is 0 Å². The molecule has 0 bridgehead atoms. The normalized spacial score (nSPS) is 9.80. The summed E-state index contributed by atoms with van der Waals surface area (Å²) in [5.74, 6) is 0. The first kappa shape index (κ1) is 7.69. The van der Waals surface area contributed by atoms with Gasteiger partial charge < -0.3 is 5.73 Å². The van der Waals surface area contributed by atoms with Crippen molar-refractivity contribution in [3.63, 3.8) is 0 Å². The molecule has 0 heterocycles. The van der Waals surface area contributed by atoms with Crippen LogP contribution in [0.15, 0.2) is 23.1 Å². The number of halogens is 2. The van der Waals surface area contributed by atoms with E-state index in [1.807, 2.05) is 0 Å². The van der Waals surface area contributed by atoms with Gasteiger partial charge in [0.15, 0.2) is 0 Å². The topological polar surface area (TPSA) is 26.0 Å². The Hall–Kier alpha value is -0.410. The SMILES string of the molecule is Nc1ccc(Cl)cc1SF. The largest absolute Gasteiger partial charge is 0.398 e. The quantitative estimate of drug-likeness (QED) is 0.668. The summed E-state index contributed by atoms with van der Waals surface area (Å²) < 4.78 is 11.9. The van der Waals surface area contributed by atoms with Gasteiger partial charge in [-0.05, 0) is 18.2 Å². The Labute approximate surface area is 67.7 Å². The van der Waals surface area contributed by atoms with E-state index in [2.05, 4.69) is 0 Å². The summed E-state index contributed by atoms with van der Waals surface area (Å²) in [6.07, 6.45) is 0. The van der Waals surface area contributed by atoms with Crippen LogP contribution < -0.4 is 5.73 Å². The number of hydrogen-bond donors (Lipinski definition) is 1. The lowest BCUT2D eigenvalue weighted by molar-refractivity contribution is 0.935. The van der Waals surface area contributed by atoms with E-state index in [0.29, 0.717) is 15.6 Å². The third-order valence-corrected chi connectivity index (χ3v) is 1.81. The Balaban J connectivity index is 3.09. The van der Waals surface area contributed by atoms with Crippen molar-refractivity contribution in [1.82, 2.24) is 0 Å². The Kier molecular flexibility index (Phi) is 2.40. The van der Waals surface area contributed by atoms with Gasteiger partial charge in [-0.15, -0.1) is 0 Å². The molecule has 0 unspecified atom stereocenters. The average Bonchev–Trinajstić information content (AvgIpc) is 1.94. The predicted octanol–water partition coefficient (Wildman–Crippen LogP) is 2.90. The van der Waals surface area contributed by atoms with E-state index in [1.54, 1.807) is 12.1 Å². The summed E-state index contributed by atoms with van der Waals surface area (Å²) in [4.78, 5) is 0.368. The van der Waals surface area contributed by atoms with Crippen LogP contribution >= 0.6 is 23.7 Å². The highest BCUT2D eigenvalue weighted by Crippen LogP contribution is 2.28. The van der Waals surface area contributed by atoms with Crippen LogP contribution in [0.2, 0.25) is 5.02 Å². The van der Waals surface area contributed by atoms with Gasteiger partial charge in [-0.3, -0.25) is 0 Å². The molecular weight excluding hydrogens is 173 g/mol. The number of anilines is 1. The van der Waals surface area contributed by atoms with Crippen molar-refractivity contribution in [3.8, 4) is 0 Å². The first-order valence-corrected chi connectivity index (χ1v) is 3.67. The monoisotopic (exact) mass is 177 g/mol. The number of hydrogen-bond acceptors (Lipinski definition) is 2. The summed E-state index contributed by atoms with van der Waals surface area (Å²) in [7, 11) is 0. The zero-order chi connectivity index (χ0) is 7.56.